The van der Waals surface area contributed by atoms with Crippen LogP contribution in [-0.4, -0.2) is 32.0 Å². The van der Waals surface area contributed by atoms with E-state index >= 15 is 0 Å². The van der Waals surface area contributed by atoms with E-state index in [4.69, 9.17) is 0 Å². The highest BCUT2D eigenvalue weighted by Crippen LogP contribution is 2.38. The number of amides is 2. The number of nitrogens with zero attached hydrogens (tertiary/aromatic N) is 4. The molecule has 0 radical (unpaired) electrons. The molecule has 0 aliphatic heterocycles. The first-order valence-corrected chi connectivity index (χ1v) is 8.70. The molecule has 1 aromatic heterocycles. The molecular formula is C17H18F6N6O2. The molecule has 0 fully saturated rings. The zero-order valence-corrected chi connectivity index (χ0v) is 16.7. The Morgan fingerprint density at radius 2 is 1.45 bits per heavy atom. The summed E-state index contributed by atoms with van der Waals surface area (Å²) in [5.41, 5.74) is -0.142. The van der Waals surface area contributed by atoms with E-state index < -0.39 is 58.1 Å². The van der Waals surface area contributed by atoms with Gasteiger partial charge in [-0.05, 0) is 30.3 Å². The summed E-state index contributed by atoms with van der Waals surface area (Å²) in [6.45, 7) is 6.10. The van der Waals surface area contributed by atoms with Crippen molar-refractivity contribution >= 4 is 11.8 Å². The number of halogens is 6. The van der Waals surface area contributed by atoms with E-state index in [0.717, 1.165) is 0 Å². The molecule has 31 heavy (non-hydrogen) atoms. The van der Waals surface area contributed by atoms with Gasteiger partial charge in [0.25, 0.3) is 5.91 Å². The van der Waals surface area contributed by atoms with Gasteiger partial charge in [0.05, 0.1) is 11.1 Å². The van der Waals surface area contributed by atoms with E-state index in [2.05, 4.69) is 26.3 Å². The molecule has 0 spiro atoms. The molecule has 0 saturated carbocycles. The predicted molar refractivity (Wildman–Crippen MR) is 93.7 cm³/mol. The number of hydrogen-bond donors (Lipinski definition) is 2. The molecule has 2 amide bonds. The van der Waals surface area contributed by atoms with Gasteiger partial charge in [0, 0.05) is 11.0 Å². The van der Waals surface area contributed by atoms with Crippen molar-refractivity contribution in [2.24, 2.45) is 5.41 Å². The van der Waals surface area contributed by atoms with Gasteiger partial charge in [0.1, 0.15) is 0 Å². The van der Waals surface area contributed by atoms with Gasteiger partial charge < -0.3 is 0 Å². The molecule has 14 heteroatoms. The molecule has 1 atom stereocenters. The highest BCUT2D eigenvalue weighted by Gasteiger charge is 2.37. The van der Waals surface area contributed by atoms with Crippen LogP contribution >= 0.6 is 0 Å². The SMILES string of the molecule is C[C@@H](C(=O)NNC(=O)C(C)(C)C)n1nnc(-c2cc(C(F)(F)F)cc(C(F)(F)F)c2)n1. The van der Waals surface area contributed by atoms with E-state index in [1.165, 1.54) is 6.92 Å². The molecule has 1 aromatic carbocycles. The minimum absolute atomic E-state index is 0.0259. The summed E-state index contributed by atoms with van der Waals surface area (Å²) in [5.74, 6) is -1.83. The Kier molecular flexibility index (Phi) is 6.33. The van der Waals surface area contributed by atoms with Crippen molar-refractivity contribution in [3.8, 4) is 11.4 Å². The van der Waals surface area contributed by atoms with Crippen molar-refractivity contribution in [1.82, 2.24) is 31.1 Å². The summed E-state index contributed by atoms with van der Waals surface area (Å²) in [6, 6.07) is -0.313. The fraction of sp³-hybridized carbons (Fsp3) is 0.471. The lowest BCUT2D eigenvalue weighted by atomic mass is 9.96. The van der Waals surface area contributed by atoms with Crippen LogP contribution in [0.25, 0.3) is 11.4 Å². The van der Waals surface area contributed by atoms with E-state index in [1.54, 1.807) is 20.8 Å². The third kappa shape index (κ3) is 5.92. The van der Waals surface area contributed by atoms with Crippen LogP contribution in [0.4, 0.5) is 26.3 Å². The summed E-state index contributed by atoms with van der Waals surface area (Å²) >= 11 is 0. The minimum Gasteiger partial charge on any atom is -0.273 e. The molecule has 0 bridgehead atoms. The van der Waals surface area contributed by atoms with Crippen molar-refractivity contribution in [2.75, 3.05) is 0 Å². The monoisotopic (exact) mass is 452 g/mol. The molecular weight excluding hydrogens is 434 g/mol. The Bertz CT molecular complexity index is 944. The Morgan fingerprint density at radius 3 is 1.90 bits per heavy atom. The second-order valence-electron chi connectivity index (χ2n) is 7.60. The van der Waals surface area contributed by atoms with Crippen LogP contribution in [0.1, 0.15) is 44.9 Å². The Labute approximate surface area is 172 Å². The van der Waals surface area contributed by atoms with Gasteiger partial charge in [-0.3, -0.25) is 20.4 Å². The maximum absolute atomic E-state index is 13.0. The second-order valence-corrected chi connectivity index (χ2v) is 7.60. The standard InChI is InChI=1S/C17H18F6N6O2/c1-8(13(30)25-26-14(31)15(2,3)4)29-27-12(24-28-29)9-5-10(16(18,19)20)7-11(6-9)17(21,22)23/h5-8H,1-4H3,(H,25,30)(H,26,31)/t8-/m0/s1. The number of alkyl halides is 6. The fourth-order valence-electron chi connectivity index (χ4n) is 2.10. The second kappa shape index (κ2) is 8.15. The predicted octanol–water partition coefficient (Wildman–Crippen LogP) is 3.13. The minimum atomic E-state index is -5.04. The molecule has 2 rings (SSSR count). The number of tetrazole rings is 1. The van der Waals surface area contributed by atoms with Crippen molar-refractivity contribution < 1.29 is 35.9 Å². The fourth-order valence-corrected chi connectivity index (χ4v) is 2.10. The average molecular weight is 452 g/mol. The summed E-state index contributed by atoms with van der Waals surface area (Å²) in [7, 11) is 0. The van der Waals surface area contributed by atoms with Gasteiger partial charge in [-0.2, -0.15) is 31.1 Å². The van der Waals surface area contributed by atoms with Gasteiger partial charge in [-0.25, -0.2) is 0 Å². The molecule has 0 aliphatic rings. The van der Waals surface area contributed by atoms with Crippen molar-refractivity contribution in [1.29, 1.82) is 0 Å². The van der Waals surface area contributed by atoms with E-state index in [0.29, 0.717) is 16.9 Å². The third-order valence-corrected chi connectivity index (χ3v) is 3.98. The quantitative estimate of drug-likeness (QED) is 0.551. The Morgan fingerprint density at radius 1 is 0.935 bits per heavy atom. The number of nitrogens with one attached hydrogen (secondary N) is 2. The highest BCUT2D eigenvalue weighted by atomic mass is 19.4. The topological polar surface area (TPSA) is 102 Å². The molecule has 0 aliphatic carbocycles. The maximum atomic E-state index is 13.0. The summed E-state index contributed by atoms with van der Waals surface area (Å²) in [6.07, 6.45) is -10.1. The molecule has 170 valence electrons. The largest absolute Gasteiger partial charge is 0.416 e. The summed E-state index contributed by atoms with van der Waals surface area (Å²) in [4.78, 5) is 24.6. The number of benzene rings is 1. The van der Waals surface area contributed by atoms with Crippen LogP contribution in [-0.2, 0) is 21.9 Å². The highest BCUT2D eigenvalue weighted by molar-refractivity contribution is 5.86. The van der Waals surface area contributed by atoms with E-state index in [-0.39, 0.29) is 6.07 Å². The summed E-state index contributed by atoms with van der Waals surface area (Å²) < 4.78 is 78.1. The first kappa shape index (κ1) is 24.1. The number of hydrogen-bond acceptors (Lipinski definition) is 5. The van der Waals surface area contributed by atoms with Crippen LogP contribution in [0, 0.1) is 5.41 Å². The van der Waals surface area contributed by atoms with Gasteiger partial charge in [-0.1, -0.05) is 20.8 Å². The van der Waals surface area contributed by atoms with Gasteiger partial charge in [-0.15, -0.1) is 10.2 Å². The Hall–Kier alpha value is -3.19. The molecule has 8 nitrogen and oxygen atoms in total. The van der Waals surface area contributed by atoms with Crippen LogP contribution in [0.15, 0.2) is 18.2 Å². The van der Waals surface area contributed by atoms with Crippen molar-refractivity contribution in [2.45, 2.75) is 46.1 Å². The number of aromatic nitrogens is 4. The Balaban J connectivity index is 2.29. The van der Waals surface area contributed by atoms with Crippen LogP contribution in [0.3, 0.4) is 0 Å². The molecule has 2 aromatic rings. The van der Waals surface area contributed by atoms with E-state index in [1.807, 2.05) is 0 Å². The van der Waals surface area contributed by atoms with Crippen LogP contribution in [0.2, 0.25) is 0 Å². The smallest absolute Gasteiger partial charge is 0.273 e. The average Bonchev–Trinajstić information content (AvgIpc) is 3.12. The lowest BCUT2D eigenvalue weighted by Gasteiger charge is -2.19. The van der Waals surface area contributed by atoms with Crippen molar-refractivity contribution in [3.63, 3.8) is 0 Å². The third-order valence-electron chi connectivity index (χ3n) is 3.98. The van der Waals surface area contributed by atoms with Gasteiger partial charge in [0.2, 0.25) is 11.7 Å². The zero-order valence-electron chi connectivity index (χ0n) is 16.7. The normalized spacial score (nSPS) is 13.6. The van der Waals surface area contributed by atoms with Crippen LogP contribution in [0.5, 0.6) is 0 Å². The lowest BCUT2D eigenvalue weighted by molar-refractivity contribution is -0.143. The zero-order chi connectivity index (χ0) is 23.8. The number of rotatable bonds is 3. The number of hydrazine groups is 1. The van der Waals surface area contributed by atoms with Gasteiger partial charge >= 0.3 is 12.4 Å². The molecule has 0 unspecified atom stereocenters. The van der Waals surface area contributed by atoms with Crippen molar-refractivity contribution in [3.05, 3.63) is 29.3 Å². The first-order valence-electron chi connectivity index (χ1n) is 8.70. The summed E-state index contributed by atoms with van der Waals surface area (Å²) in [5, 5.41) is 10.7. The van der Waals surface area contributed by atoms with E-state index in [9.17, 15) is 35.9 Å². The lowest BCUT2D eigenvalue weighted by Crippen LogP contribution is -2.48. The van der Waals surface area contributed by atoms with Crippen LogP contribution < -0.4 is 10.9 Å². The van der Waals surface area contributed by atoms with Gasteiger partial charge in [0.15, 0.2) is 6.04 Å². The maximum Gasteiger partial charge on any atom is 0.416 e. The number of carbonyl (C=O) groups excluding carboxylic acids is 2. The first-order chi connectivity index (χ1) is 14.0. The number of carbonyl (C=O) groups is 2. The molecule has 1 heterocycles. The molecule has 0 saturated heterocycles. The molecule has 2 N–H and O–H groups in total.